The van der Waals surface area contributed by atoms with Gasteiger partial charge in [0.2, 0.25) is 5.95 Å². The van der Waals surface area contributed by atoms with Crippen LogP contribution in [-0.2, 0) is 7.05 Å². The summed E-state index contributed by atoms with van der Waals surface area (Å²) in [6.45, 7) is 2.34. The Balaban J connectivity index is 1.51. The van der Waals surface area contributed by atoms with Gasteiger partial charge >= 0.3 is 0 Å². The zero-order valence-corrected chi connectivity index (χ0v) is 13.9. The summed E-state index contributed by atoms with van der Waals surface area (Å²) in [4.78, 5) is 24.2. The Morgan fingerprint density at radius 3 is 2.54 bits per heavy atom. The summed E-state index contributed by atoms with van der Waals surface area (Å²) >= 11 is 0. The molecule has 0 unspecified atom stereocenters. The summed E-state index contributed by atoms with van der Waals surface area (Å²) in [6, 6.07) is 0. The molecule has 0 spiro atoms. The largest absolute Gasteiger partial charge is 0.341 e. The van der Waals surface area contributed by atoms with Gasteiger partial charge in [-0.3, -0.25) is 9.48 Å². The first-order valence-corrected chi connectivity index (χ1v) is 7.99. The van der Waals surface area contributed by atoms with Crippen LogP contribution < -0.4 is 4.90 Å². The molecule has 3 heterocycles. The highest BCUT2D eigenvalue weighted by molar-refractivity contribution is 5.93. The molecule has 0 aromatic carbocycles. The van der Waals surface area contributed by atoms with Crippen LogP contribution in [0.2, 0.25) is 0 Å². The SMILES string of the molecule is CN(CC1CCN(c2ncc(F)cn2)CC1)C(=O)c1cnn(C)c1. The van der Waals surface area contributed by atoms with Gasteiger partial charge in [0.1, 0.15) is 0 Å². The first-order valence-electron chi connectivity index (χ1n) is 7.99. The third-order valence-corrected chi connectivity index (χ3v) is 4.33. The normalized spacial score (nSPS) is 15.5. The van der Waals surface area contributed by atoms with E-state index in [0.29, 0.717) is 24.0 Å². The van der Waals surface area contributed by atoms with Crippen molar-refractivity contribution in [2.75, 3.05) is 31.6 Å². The summed E-state index contributed by atoms with van der Waals surface area (Å²) in [7, 11) is 3.62. The van der Waals surface area contributed by atoms with Gasteiger partial charge < -0.3 is 9.80 Å². The van der Waals surface area contributed by atoms with Crippen LogP contribution >= 0.6 is 0 Å². The number of halogens is 1. The molecule has 7 nitrogen and oxygen atoms in total. The van der Waals surface area contributed by atoms with Crippen LogP contribution in [0, 0.1) is 11.7 Å². The van der Waals surface area contributed by atoms with Crippen LogP contribution in [0.4, 0.5) is 10.3 Å². The number of aryl methyl sites for hydroxylation is 1. The lowest BCUT2D eigenvalue weighted by molar-refractivity contribution is 0.0764. The lowest BCUT2D eigenvalue weighted by Gasteiger charge is -2.33. The van der Waals surface area contributed by atoms with Crippen molar-refractivity contribution in [1.29, 1.82) is 0 Å². The van der Waals surface area contributed by atoms with E-state index in [1.165, 1.54) is 12.4 Å². The van der Waals surface area contributed by atoms with Gasteiger partial charge in [0, 0.05) is 39.9 Å². The van der Waals surface area contributed by atoms with Crippen LogP contribution in [0.1, 0.15) is 23.2 Å². The first-order chi connectivity index (χ1) is 11.5. The van der Waals surface area contributed by atoms with Gasteiger partial charge in [-0.2, -0.15) is 5.10 Å². The topological polar surface area (TPSA) is 67.2 Å². The zero-order valence-electron chi connectivity index (χ0n) is 13.9. The molecule has 128 valence electrons. The lowest BCUT2D eigenvalue weighted by Crippen LogP contribution is -2.40. The van der Waals surface area contributed by atoms with E-state index in [-0.39, 0.29) is 5.91 Å². The molecule has 1 saturated heterocycles. The van der Waals surface area contributed by atoms with Gasteiger partial charge in [-0.05, 0) is 18.8 Å². The maximum atomic E-state index is 12.9. The third-order valence-electron chi connectivity index (χ3n) is 4.33. The molecule has 1 aliphatic heterocycles. The van der Waals surface area contributed by atoms with Crippen LogP contribution in [0.3, 0.4) is 0 Å². The second-order valence-electron chi connectivity index (χ2n) is 6.22. The van der Waals surface area contributed by atoms with Crippen molar-refractivity contribution in [3.05, 3.63) is 36.2 Å². The number of piperidine rings is 1. The molecular formula is C16H21FN6O. The van der Waals surface area contributed by atoms with E-state index in [2.05, 4.69) is 20.0 Å². The molecule has 0 bridgehead atoms. The predicted octanol–water partition coefficient (Wildman–Crippen LogP) is 1.34. The minimum Gasteiger partial charge on any atom is -0.341 e. The van der Waals surface area contributed by atoms with Gasteiger partial charge in [-0.25, -0.2) is 14.4 Å². The molecule has 0 N–H and O–H groups in total. The standard InChI is InChI=1S/C16H21FN6O/c1-21(15(24)13-7-20-22(2)11-13)10-12-3-5-23(6-4-12)16-18-8-14(17)9-19-16/h7-9,11-12H,3-6,10H2,1-2H3. The molecule has 1 amide bonds. The third kappa shape index (κ3) is 3.69. The second kappa shape index (κ2) is 6.94. The van der Waals surface area contributed by atoms with Crippen molar-refractivity contribution in [2.24, 2.45) is 13.0 Å². The number of anilines is 1. The Hall–Kier alpha value is -2.51. The highest BCUT2D eigenvalue weighted by atomic mass is 19.1. The number of aromatic nitrogens is 4. The lowest BCUT2D eigenvalue weighted by atomic mass is 9.96. The number of hydrogen-bond acceptors (Lipinski definition) is 5. The molecule has 0 atom stereocenters. The Bertz CT molecular complexity index is 693. The summed E-state index contributed by atoms with van der Waals surface area (Å²) in [6.07, 6.45) is 7.60. The van der Waals surface area contributed by atoms with Crippen molar-refractivity contribution >= 4 is 11.9 Å². The number of amides is 1. The monoisotopic (exact) mass is 332 g/mol. The van der Waals surface area contributed by atoms with Gasteiger partial charge in [-0.15, -0.1) is 0 Å². The second-order valence-corrected chi connectivity index (χ2v) is 6.22. The van der Waals surface area contributed by atoms with Gasteiger partial charge in [0.05, 0.1) is 24.2 Å². The minimum absolute atomic E-state index is 0.00704. The molecule has 2 aromatic rings. The molecule has 1 aliphatic rings. The summed E-state index contributed by atoms with van der Waals surface area (Å²) < 4.78 is 14.5. The van der Waals surface area contributed by atoms with Crippen LogP contribution in [0.25, 0.3) is 0 Å². The average Bonchev–Trinajstić information content (AvgIpc) is 3.02. The van der Waals surface area contributed by atoms with Gasteiger partial charge in [-0.1, -0.05) is 0 Å². The minimum atomic E-state index is -0.427. The van der Waals surface area contributed by atoms with E-state index in [1.807, 2.05) is 7.05 Å². The molecule has 8 heteroatoms. The predicted molar refractivity (Wildman–Crippen MR) is 87.1 cm³/mol. The number of nitrogens with zero attached hydrogens (tertiary/aromatic N) is 6. The van der Waals surface area contributed by atoms with E-state index >= 15 is 0 Å². The summed E-state index contributed by atoms with van der Waals surface area (Å²) in [5.74, 6) is 0.568. The van der Waals surface area contributed by atoms with Crippen molar-refractivity contribution in [3.8, 4) is 0 Å². The number of carbonyl (C=O) groups is 1. The molecule has 0 aliphatic carbocycles. The van der Waals surface area contributed by atoms with Crippen molar-refractivity contribution in [2.45, 2.75) is 12.8 Å². The summed E-state index contributed by atoms with van der Waals surface area (Å²) in [5, 5.41) is 4.04. The quantitative estimate of drug-likeness (QED) is 0.845. The molecule has 1 fully saturated rings. The Morgan fingerprint density at radius 2 is 1.96 bits per heavy atom. The molecular weight excluding hydrogens is 311 g/mol. The van der Waals surface area contributed by atoms with E-state index in [4.69, 9.17) is 0 Å². The zero-order chi connectivity index (χ0) is 17.1. The summed E-state index contributed by atoms with van der Waals surface area (Å²) in [5.41, 5.74) is 0.608. The molecule has 0 radical (unpaired) electrons. The van der Waals surface area contributed by atoms with E-state index < -0.39 is 5.82 Å². The van der Waals surface area contributed by atoms with Gasteiger partial charge in [0.25, 0.3) is 5.91 Å². The van der Waals surface area contributed by atoms with Crippen LogP contribution in [-0.4, -0.2) is 57.2 Å². The fourth-order valence-corrected chi connectivity index (χ4v) is 3.01. The van der Waals surface area contributed by atoms with Crippen molar-refractivity contribution < 1.29 is 9.18 Å². The van der Waals surface area contributed by atoms with E-state index in [1.54, 1.807) is 29.0 Å². The number of hydrogen-bond donors (Lipinski definition) is 0. The van der Waals surface area contributed by atoms with Crippen molar-refractivity contribution in [3.63, 3.8) is 0 Å². The van der Waals surface area contributed by atoms with Crippen LogP contribution in [0.15, 0.2) is 24.8 Å². The van der Waals surface area contributed by atoms with E-state index in [9.17, 15) is 9.18 Å². The fraction of sp³-hybridized carbons (Fsp3) is 0.500. The molecule has 3 rings (SSSR count). The highest BCUT2D eigenvalue weighted by Crippen LogP contribution is 2.21. The van der Waals surface area contributed by atoms with Crippen LogP contribution in [0.5, 0.6) is 0 Å². The Labute approximate surface area is 140 Å². The fourth-order valence-electron chi connectivity index (χ4n) is 3.01. The number of rotatable bonds is 4. The van der Waals surface area contributed by atoms with E-state index in [0.717, 1.165) is 25.9 Å². The first kappa shape index (κ1) is 16.4. The molecule has 2 aromatic heterocycles. The maximum absolute atomic E-state index is 12.9. The Kier molecular flexibility index (Phi) is 4.73. The molecule has 24 heavy (non-hydrogen) atoms. The Morgan fingerprint density at radius 1 is 1.29 bits per heavy atom. The van der Waals surface area contributed by atoms with Gasteiger partial charge in [0.15, 0.2) is 5.82 Å². The molecule has 0 saturated carbocycles. The average molecular weight is 332 g/mol. The highest BCUT2D eigenvalue weighted by Gasteiger charge is 2.24. The van der Waals surface area contributed by atoms with Crippen molar-refractivity contribution in [1.82, 2.24) is 24.6 Å². The maximum Gasteiger partial charge on any atom is 0.256 e. The number of carbonyl (C=O) groups excluding carboxylic acids is 1. The smallest absolute Gasteiger partial charge is 0.256 e.